The molecule has 0 aliphatic heterocycles. The van der Waals surface area contributed by atoms with E-state index in [1.165, 1.54) is 12.1 Å². The van der Waals surface area contributed by atoms with Crippen LogP contribution in [0.1, 0.15) is 31.2 Å². The smallest absolute Gasteiger partial charge is 0.328 e. The molecule has 1 aromatic carbocycles. The highest BCUT2D eigenvalue weighted by molar-refractivity contribution is 7.90. The number of nitrogens with one attached hydrogen (secondary N) is 2. The number of anilines is 1. The van der Waals surface area contributed by atoms with Crippen molar-refractivity contribution < 1.29 is 13.2 Å². The number of sulfonamides is 1. The average molecular weight is 395 g/mol. The van der Waals surface area contributed by atoms with Crippen molar-refractivity contribution in [3.8, 4) is 0 Å². The Bertz CT molecular complexity index is 861. The second-order valence-corrected chi connectivity index (χ2v) is 7.77. The molecular weight excluding hydrogens is 368 g/mol. The Morgan fingerprint density at radius 2 is 1.96 bits per heavy atom. The summed E-state index contributed by atoms with van der Waals surface area (Å²) in [6.07, 6.45) is 4.54. The maximum Gasteiger partial charge on any atom is 0.328 e. The van der Waals surface area contributed by atoms with Gasteiger partial charge >= 0.3 is 6.03 Å². The number of carbonyl (C=O) groups excluding carboxylic acids is 1. The van der Waals surface area contributed by atoms with Gasteiger partial charge in [0.15, 0.2) is 0 Å². The highest BCUT2D eigenvalue weighted by Gasteiger charge is 2.17. The first kappa shape index (κ1) is 20.7. The molecule has 27 heavy (non-hydrogen) atoms. The number of imidazole rings is 1. The van der Waals surface area contributed by atoms with E-state index in [-0.39, 0.29) is 11.4 Å². The summed E-state index contributed by atoms with van der Waals surface area (Å²) in [7, 11) is -3.94. The molecule has 0 radical (unpaired) electrons. The van der Waals surface area contributed by atoms with Gasteiger partial charge in [0.05, 0.1) is 4.90 Å². The minimum absolute atomic E-state index is 0.000847. The SMILES string of the molecule is CCCCc1nc(N)cn1CCNC(=O)NS(=O)(=O)c1ccc(CN)cc1. The molecule has 0 saturated heterocycles. The quantitative estimate of drug-likeness (QED) is 0.498. The zero-order chi connectivity index (χ0) is 19.9. The van der Waals surface area contributed by atoms with Gasteiger partial charge in [-0.25, -0.2) is 22.9 Å². The largest absolute Gasteiger partial charge is 0.382 e. The van der Waals surface area contributed by atoms with E-state index in [1.807, 2.05) is 9.29 Å². The number of hydrogen-bond acceptors (Lipinski definition) is 6. The summed E-state index contributed by atoms with van der Waals surface area (Å²) in [5.41, 5.74) is 12.0. The van der Waals surface area contributed by atoms with Crippen LogP contribution in [0.25, 0.3) is 0 Å². The van der Waals surface area contributed by atoms with Crippen LogP contribution >= 0.6 is 0 Å². The van der Waals surface area contributed by atoms with Crippen LogP contribution in [0, 0.1) is 0 Å². The molecule has 0 spiro atoms. The first-order valence-corrected chi connectivity index (χ1v) is 10.2. The zero-order valence-corrected chi connectivity index (χ0v) is 16.1. The number of unbranched alkanes of at least 4 members (excludes halogenated alkanes) is 1. The summed E-state index contributed by atoms with van der Waals surface area (Å²) in [4.78, 5) is 16.2. The van der Waals surface area contributed by atoms with Gasteiger partial charge in [-0.05, 0) is 24.1 Å². The van der Waals surface area contributed by atoms with Crippen LogP contribution in [-0.2, 0) is 29.5 Å². The van der Waals surface area contributed by atoms with E-state index in [0.717, 1.165) is 30.7 Å². The number of amides is 2. The molecule has 6 N–H and O–H groups in total. The molecule has 0 aliphatic carbocycles. The Labute approximate surface area is 159 Å². The van der Waals surface area contributed by atoms with E-state index in [0.29, 0.717) is 18.9 Å². The fraction of sp³-hybridized carbons (Fsp3) is 0.412. The number of nitrogens with zero attached hydrogens (tertiary/aromatic N) is 2. The maximum absolute atomic E-state index is 12.2. The number of carbonyl (C=O) groups is 1. The molecule has 0 fully saturated rings. The molecule has 9 nitrogen and oxygen atoms in total. The highest BCUT2D eigenvalue weighted by atomic mass is 32.2. The van der Waals surface area contributed by atoms with Crippen molar-refractivity contribution in [2.75, 3.05) is 12.3 Å². The topological polar surface area (TPSA) is 145 Å². The molecule has 0 aliphatic rings. The van der Waals surface area contributed by atoms with Crippen molar-refractivity contribution in [1.29, 1.82) is 0 Å². The molecule has 0 bridgehead atoms. The maximum atomic E-state index is 12.2. The van der Waals surface area contributed by atoms with Crippen LogP contribution in [0.5, 0.6) is 0 Å². The fourth-order valence-electron chi connectivity index (χ4n) is 2.52. The van der Waals surface area contributed by atoms with Crippen molar-refractivity contribution in [2.24, 2.45) is 5.73 Å². The summed E-state index contributed by atoms with van der Waals surface area (Å²) < 4.78 is 28.3. The Morgan fingerprint density at radius 1 is 1.26 bits per heavy atom. The summed E-state index contributed by atoms with van der Waals surface area (Å²) in [6.45, 7) is 3.09. The minimum atomic E-state index is -3.94. The second-order valence-electron chi connectivity index (χ2n) is 6.09. The molecular formula is C17H26N6O3S. The van der Waals surface area contributed by atoms with E-state index in [1.54, 1.807) is 18.3 Å². The van der Waals surface area contributed by atoms with Gasteiger partial charge in [-0.1, -0.05) is 25.5 Å². The van der Waals surface area contributed by atoms with Gasteiger partial charge in [0.25, 0.3) is 10.0 Å². The Balaban J connectivity index is 1.88. The number of hydrogen-bond donors (Lipinski definition) is 4. The third-order valence-electron chi connectivity index (χ3n) is 3.97. The zero-order valence-electron chi connectivity index (χ0n) is 15.3. The first-order valence-electron chi connectivity index (χ1n) is 8.77. The van der Waals surface area contributed by atoms with E-state index in [9.17, 15) is 13.2 Å². The predicted molar refractivity (Wildman–Crippen MR) is 103 cm³/mol. The standard InChI is InChI=1S/C17H26N6O3S/c1-2-3-4-16-21-15(19)12-23(16)10-9-20-17(24)22-27(25,26)14-7-5-13(11-18)6-8-14/h5-8,12H,2-4,9-11,18-19H2,1H3,(H2,20,22,24). The van der Waals surface area contributed by atoms with Crippen molar-refractivity contribution in [1.82, 2.24) is 19.6 Å². The molecule has 10 heteroatoms. The van der Waals surface area contributed by atoms with Gasteiger partial charge in [-0.2, -0.15) is 0 Å². The van der Waals surface area contributed by atoms with Crippen LogP contribution in [0.4, 0.5) is 10.6 Å². The molecule has 0 saturated carbocycles. The van der Waals surface area contributed by atoms with Crippen molar-refractivity contribution in [3.63, 3.8) is 0 Å². The van der Waals surface area contributed by atoms with E-state index < -0.39 is 16.1 Å². The lowest BCUT2D eigenvalue weighted by Gasteiger charge is -2.10. The van der Waals surface area contributed by atoms with Gasteiger partial charge in [0.2, 0.25) is 0 Å². The highest BCUT2D eigenvalue weighted by Crippen LogP contribution is 2.10. The van der Waals surface area contributed by atoms with Gasteiger partial charge in [0.1, 0.15) is 11.6 Å². The third-order valence-corrected chi connectivity index (χ3v) is 5.31. The van der Waals surface area contributed by atoms with Crippen LogP contribution in [0.15, 0.2) is 35.4 Å². The second kappa shape index (κ2) is 9.38. The number of aryl methyl sites for hydroxylation is 1. The van der Waals surface area contributed by atoms with Crippen LogP contribution in [0.3, 0.4) is 0 Å². The number of urea groups is 1. The van der Waals surface area contributed by atoms with Gasteiger partial charge in [-0.3, -0.25) is 0 Å². The molecule has 2 aromatic rings. The fourth-order valence-corrected chi connectivity index (χ4v) is 3.44. The van der Waals surface area contributed by atoms with Crippen molar-refractivity contribution in [3.05, 3.63) is 41.9 Å². The number of nitrogens with two attached hydrogens (primary N) is 2. The average Bonchev–Trinajstić information content (AvgIpc) is 2.99. The number of benzene rings is 1. The normalized spacial score (nSPS) is 11.3. The molecule has 2 rings (SSSR count). The molecule has 0 atom stereocenters. The lowest BCUT2D eigenvalue weighted by atomic mass is 10.2. The van der Waals surface area contributed by atoms with Crippen LogP contribution in [0.2, 0.25) is 0 Å². The van der Waals surface area contributed by atoms with Gasteiger partial charge in [-0.15, -0.1) is 0 Å². The summed E-state index contributed by atoms with van der Waals surface area (Å²) in [6, 6.07) is 5.24. The first-order chi connectivity index (χ1) is 12.9. The minimum Gasteiger partial charge on any atom is -0.382 e. The lowest BCUT2D eigenvalue weighted by molar-refractivity contribution is 0.245. The Kier molecular flexibility index (Phi) is 7.19. The van der Waals surface area contributed by atoms with Crippen LogP contribution < -0.4 is 21.5 Å². The Morgan fingerprint density at radius 3 is 2.59 bits per heavy atom. The number of rotatable bonds is 9. The molecule has 0 unspecified atom stereocenters. The molecule has 2 amide bonds. The lowest BCUT2D eigenvalue weighted by Crippen LogP contribution is -2.40. The van der Waals surface area contributed by atoms with Gasteiger partial charge in [0, 0.05) is 32.3 Å². The molecule has 1 aromatic heterocycles. The third kappa shape index (κ3) is 5.97. The molecule has 148 valence electrons. The van der Waals surface area contributed by atoms with E-state index in [4.69, 9.17) is 11.5 Å². The molecule has 1 heterocycles. The van der Waals surface area contributed by atoms with Gasteiger partial charge < -0.3 is 21.4 Å². The van der Waals surface area contributed by atoms with E-state index >= 15 is 0 Å². The summed E-state index contributed by atoms with van der Waals surface area (Å²) >= 11 is 0. The van der Waals surface area contributed by atoms with Crippen LogP contribution in [-0.4, -0.2) is 30.5 Å². The van der Waals surface area contributed by atoms with E-state index in [2.05, 4.69) is 17.2 Å². The summed E-state index contributed by atoms with van der Waals surface area (Å²) in [5.74, 6) is 1.28. The predicted octanol–water partition coefficient (Wildman–Crippen LogP) is 0.955. The number of nitrogen functional groups attached to an aromatic ring is 1. The Hall–Kier alpha value is -2.59. The summed E-state index contributed by atoms with van der Waals surface area (Å²) in [5, 5.41) is 2.53. The van der Waals surface area contributed by atoms with Crippen molar-refractivity contribution >= 4 is 21.9 Å². The monoisotopic (exact) mass is 394 g/mol. The number of aromatic nitrogens is 2. The van der Waals surface area contributed by atoms with Crippen molar-refractivity contribution in [2.45, 2.75) is 44.2 Å².